The number of rotatable bonds is 24. The summed E-state index contributed by atoms with van der Waals surface area (Å²) in [6.45, 7) is 6.53. The molecule has 2 rings (SSSR count). The number of aryl methyl sites for hydroxylation is 1. The van der Waals surface area contributed by atoms with Crippen LogP contribution in [0.25, 0.3) is 0 Å². The van der Waals surface area contributed by atoms with Gasteiger partial charge in [0, 0.05) is 17.1 Å². The molecule has 0 saturated carbocycles. The number of phenolic OH excluding ortho intramolecular Hbond substituents is 1. The van der Waals surface area contributed by atoms with E-state index in [0.717, 1.165) is 34.1 Å². The van der Waals surface area contributed by atoms with E-state index >= 15 is 0 Å². The molecule has 0 fully saturated rings. The minimum Gasteiger partial charge on any atom is -0.507 e. The van der Waals surface area contributed by atoms with Gasteiger partial charge in [0.25, 0.3) is 0 Å². The number of aromatic hydroxyl groups is 1. The molecule has 2 aromatic carbocycles. The van der Waals surface area contributed by atoms with Gasteiger partial charge in [-0.05, 0) is 60.1 Å². The summed E-state index contributed by atoms with van der Waals surface area (Å²) < 4.78 is 4.69. The summed E-state index contributed by atoms with van der Waals surface area (Å²) in [5.41, 5.74) is 4.37. The van der Waals surface area contributed by atoms with Crippen LogP contribution in [-0.4, -0.2) is 35.4 Å². The molecule has 0 aliphatic carbocycles. The number of unbranched alkanes of at least 4 members (excludes halogenated alkanes) is 10. The Hall–Kier alpha value is -0.890. The molecule has 236 valence electrons. The first-order chi connectivity index (χ1) is 20.5. The number of ether oxygens (including phenoxy) is 1. The number of thioether (sulfide) groups is 4. The van der Waals surface area contributed by atoms with E-state index in [2.05, 4.69) is 56.3 Å². The number of hydrogen-bond acceptors (Lipinski definition) is 7. The van der Waals surface area contributed by atoms with Crippen molar-refractivity contribution in [2.24, 2.45) is 0 Å². The van der Waals surface area contributed by atoms with E-state index in [1.807, 2.05) is 42.2 Å². The zero-order valence-corrected chi connectivity index (χ0v) is 29.7. The number of carbonyl (C=O) groups is 1. The third-order valence-electron chi connectivity index (χ3n) is 7.30. The molecule has 1 atom stereocenters. The zero-order valence-electron chi connectivity index (χ0n) is 26.5. The lowest BCUT2D eigenvalue weighted by atomic mass is 10.1. The van der Waals surface area contributed by atoms with Gasteiger partial charge in [-0.2, -0.15) is 11.8 Å². The van der Waals surface area contributed by atoms with Crippen molar-refractivity contribution >= 4 is 53.0 Å². The fourth-order valence-corrected chi connectivity index (χ4v) is 10.4. The number of methoxy groups -OCH3 is 1. The molecule has 0 aliphatic rings. The molecular formula is C35H54O3S4. The van der Waals surface area contributed by atoms with E-state index in [9.17, 15) is 9.90 Å². The Kier molecular flexibility index (Phi) is 20.1. The van der Waals surface area contributed by atoms with Gasteiger partial charge in [0.2, 0.25) is 0 Å². The molecule has 0 radical (unpaired) electrons. The smallest absolute Gasteiger partial charge is 0.315 e. The second kappa shape index (κ2) is 22.6. The van der Waals surface area contributed by atoms with Crippen LogP contribution in [0.2, 0.25) is 0 Å². The second-order valence-corrected chi connectivity index (χ2v) is 16.5. The van der Waals surface area contributed by atoms with Gasteiger partial charge in [-0.1, -0.05) is 108 Å². The van der Waals surface area contributed by atoms with E-state index in [1.54, 1.807) is 11.8 Å². The number of hydrogen-bond donors (Lipinski definition) is 1. The maximum Gasteiger partial charge on any atom is 0.315 e. The molecule has 0 heterocycles. The molecule has 1 N–H and O–H groups in total. The summed E-state index contributed by atoms with van der Waals surface area (Å²) in [4.78, 5) is 12.4. The van der Waals surface area contributed by atoms with Crippen molar-refractivity contribution < 1.29 is 14.6 Å². The molecule has 1 unspecified atom stereocenters. The van der Waals surface area contributed by atoms with Crippen LogP contribution in [0.5, 0.6) is 5.75 Å². The molecule has 0 saturated heterocycles. The highest BCUT2D eigenvalue weighted by molar-refractivity contribution is 8.32. The Bertz CT molecular complexity index is 1000. The molecule has 0 bridgehead atoms. The highest BCUT2D eigenvalue weighted by Crippen LogP contribution is 2.57. The van der Waals surface area contributed by atoms with Crippen LogP contribution >= 0.6 is 47.0 Å². The van der Waals surface area contributed by atoms with Gasteiger partial charge >= 0.3 is 5.97 Å². The normalized spacial score (nSPS) is 12.8. The van der Waals surface area contributed by atoms with Crippen LogP contribution in [0.1, 0.15) is 113 Å². The molecule has 42 heavy (non-hydrogen) atoms. The van der Waals surface area contributed by atoms with Crippen molar-refractivity contribution in [1.82, 2.24) is 0 Å². The van der Waals surface area contributed by atoms with Crippen LogP contribution in [0, 0.1) is 6.92 Å². The monoisotopic (exact) mass is 650 g/mol. The third-order valence-corrected chi connectivity index (χ3v) is 13.7. The average Bonchev–Trinajstić information content (AvgIpc) is 3.01. The lowest BCUT2D eigenvalue weighted by Gasteiger charge is -2.33. The second-order valence-electron chi connectivity index (χ2n) is 10.9. The Labute approximate surface area is 273 Å². The van der Waals surface area contributed by atoms with Crippen molar-refractivity contribution in [2.45, 2.75) is 113 Å². The summed E-state index contributed by atoms with van der Waals surface area (Å²) in [5, 5.41) is 11.1. The van der Waals surface area contributed by atoms with Crippen LogP contribution < -0.4 is 0 Å². The fraction of sp³-hybridized carbons (Fsp3) is 0.629. The maximum absolute atomic E-state index is 12.4. The summed E-state index contributed by atoms with van der Waals surface area (Å²) >= 11 is 7.44. The lowest BCUT2D eigenvalue weighted by Crippen LogP contribution is -2.19. The minimum absolute atomic E-state index is 0.199. The fourth-order valence-electron chi connectivity index (χ4n) is 4.74. The highest BCUT2D eigenvalue weighted by Gasteiger charge is 2.36. The summed E-state index contributed by atoms with van der Waals surface area (Å²) in [6.07, 6.45) is 15.4. The molecule has 0 spiro atoms. The zero-order chi connectivity index (χ0) is 30.5. The summed E-state index contributed by atoms with van der Waals surface area (Å²) in [7, 11) is 1.47. The molecule has 0 aromatic heterocycles. The van der Waals surface area contributed by atoms with E-state index in [-0.39, 0.29) is 9.38 Å². The van der Waals surface area contributed by atoms with Crippen molar-refractivity contribution in [3.63, 3.8) is 0 Å². The Morgan fingerprint density at radius 2 is 1.40 bits per heavy atom. The van der Waals surface area contributed by atoms with Crippen molar-refractivity contribution in [3.8, 4) is 5.75 Å². The topological polar surface area (TPSA) is 46.5 Å². The van der Waals surface area contributed by atoms with E-state index < -0.39 is 0 Å². The summed E-state index contributed by atoms with van der Waals surface area (Å²) in [5.74, 6) is 4.31. The number of benzene rings is 2. The van der Waals surface area contributed by atoms with Gasteiger partial charge in [0.1, 0.15) is 9.16 Å². The molecule has 3 nitrogen and oxygen atoms in total. The van der Waals surface area contributed by atoms with Crippen LogP contribution in [0.3, 0.4) is 0 Å². The first-order valence-corrected chi connectivity index (χ1v) is 20.0. The first kappa shape index (κ1) is 37.3. The van der Waals surface area contributed by atoms with E-state index in [1.165, 1.54) is 95.3 Å². The largest absolute Gasteiger partial charge is 0.507 e. The lowest BCUT2D eigenvalue weighted by molar-refractivity contribution is -0.137. The predicted octanol–water partition coefficient (Wildman–Crippen LogP) is 11.3. The van der Waals surface area contributed by atoms with Gasteiger partial charge in [-0.15, -0.1) is 35.3 Å². The van der Waals surface area contributed by atoms with Gasteiger partial charge in [-0.25, -0.2) is 0 Å². The first-order valence-electron chi connectivity index (χ1n) is 15.9. The van der Waals surface area contributed by atoms with Gasteiger partial charge in [0.05, 0.1) is 12.9 Å². The average molecular weight is 651 g/mol. The van der Waals surface area contributed by atoms with Crippen LogP contribution in [-0.2, 0) is 24.4 Å². The van der Waals surface area contributed by atoms with E-state index in [4.69, 9.17) is 4.74 Å². The third kappa shape index (κ3) is 14.3. The van der Waals surface area contributed by atoms with E-state index in [0.29, 0.717) is 11.5 Å². The van der Waals surface area contributed by atoms with Crippen molar-refractivity contribution in [2.75, 3.05) is 24.4 Å². The van der Waals surface area contributed by atoms with Crippen molar-refractivity contribution in [3.05, 3.63) is 64.7 Å². The Morgan fingerprint density at radius 3 is 2.05 bits per heavy atom. The molecule has 7 heteroatoms. The highest BCUT2D eigenvalue weighted by atomic mass is 32.3. The maximum atomic E-state index is 12.4. The Morgan fingerprint density at radius 1 is 0.786 bits per heavy atom. The van der Waals surface area contributed by atoms with Gasteiger partial charge in [0.15, 0.2) is 0 Å². The van der Waals surface area contributed by atoms with Crippen LogP contribution in [0.15, 0.2) is 42.5 Å². The SMILES string of the molecule is CCCCCCCCSCc1cc(C(SCCCCCCCC)(SCC(=O)OC)SCc2ccccc2)cc(C)c1O. The van der Waals surface area contributed by atoms with Crippen LogP contribution in [0.4, 0.5) is 0 Å². The van der Waals surface area contributed by atoms with Gasteiger partial charge < -0.3 is 9.84 Å². The Balaban J connectivity index is 2.26. The number of phenols is 1. The molecule has 2 aromatic rings. The van der Waals surface area contributed by atoms with Crippen molar-refractivity contribution in [1.29, 1.82) is 0 Å². The van der Waals surface area contributed by atoms with Gasteiger partial charge in [-0.3, -0.25) is 4.79 Å². The number of carbonyl (C=O) groups excluding carboxylic acids is 1. The molecular weight excluding hydrogens is 597 g/mol. The molecule has 0 amide bonds. The standard InChI is InChI=1S/C35H54O3S4/c1-5-7-9-11-13-18-22-39-27-31-25-32(24-29(3)34(31)37)35(42-28-33(36)38-4,40-23-19-14-12-10-8-6-2)41-26-30-20-16-15-17-21-30/h15-17,20-21,24-25,37H,5-14,18-19,22-23,26-28H2,1-4H3. The quantitative estimate of drug-likeness (QED) is 0.0689. The molecule has 0 aliphatic heterocycles. The predicted molar refractivity (Wildman–Crippen MR) is 192 cm³/mol. The number of esters is 1. The minimum atomic E-state index is -0.384. The summed E-state index contributed by atoms with van der Waals surface area (Å²) in [6, 6.07) is 14.9.